The van der Waals surface area contributed by atoms with Crippen LogP contribution in [0.2, 0.25) is 0 Å². The van der Waals surface area contributed by atoms with Crippen LogP contribution in [0.15, 0.2) is 24.3 Å². The molecule has 0 spiro atoms. The Kier molecular flexibility index (Phi) is 3.88. The summed E-state index contributed by atoms with van der Waals surface area (Å²) in [6, 6.07) is 6.68. The second-order valence-electron chi connectivity index (χ2n) is 4.39. The molecule has 106 valence electrons. The van der Waals surface area contributed by atoms with Crippen LogP contribution in [0.5, 0.6) is 11.6 Å². The van der Waals surface area contributed by atoms with Gasteiger partial charge in [-0.2, -0.15) is 5.10 Å². The molecule has 1 aromatic heterocycles. The first-order valence-electron chi connectivity index (χ1n) is 6.28. The lowest BCUT2D eigenvalue weighted by atomic mass is 10.3. The summed E-state index contributed by atoms with van der Waals surface area (Å²) < 4.78 is 7.15. The predicted octanol–water partition coefficient (Wildman–Crippen LogP) is 2.88. The van der Waals surface area contributed by atoms with E-state index in [-0.39, 0.29) is 11.6 Å². The van der Waals surface area contributed by atoms with Gasteiger partial charge in [0.1, 0.15) is 11.4 Å². The lowest BCUT2D eigenvalue weighted by Crippen LogP contribution is -2.02. The number of anilines is 1. The molecule has 20 heavy (non-hydrogen) atoms. The van der Waals surface area contributed by atoms with Crippen molar-refractivity contribution in [3.05, 3.63) is 40.1 Å². The number of hydrogen-bond acceptors (Lipinski definition) is 5. The zero-order valence-corrected chi connectivity index (χ0v) is 11.4. The number of hydrogen-bond donors (Lipinski definition) is 1. The van der Waals surface area contributed by atoms with Gasteiger partial charge in [0.15, 0.2) is 0 Å². The van der Waals surface area contributed by atoms with E-state index < -0.39 is 4.92 Å². The van der Waals surface area contributed by atoms with Gasteiger partial charge in [-0.1, -0.05) is 6.92 Å². The van der Waals surface area contributed by atoms with Crippen LogP contribution in [0, 0.1) is 17.0 Å². The molecule has 2 N–H and O–H groups in total. The Morgan fingerprint density at radius 3 is 2.60 bits per heavy atom. The number of nitro groups is 1. The van der Waals surface area contributed by atoms with Crippen molar-refractivity contribution in [2.45, 2.75) is 26.8 Å². The van der Waals surface area contributed by atoms with Crippen molar-refractivity contribution in [1.29, 1.82) is 0 Å². The molecule has 0 saturated heterocycles. The van der Waals surface area contributed by atoms with Crippen molar-refractivity contribution in [2.75, 3.05) is 5.73 Å². The molecule has 0 saturated carbocycles. The standard InChI is InChI=1S/C13H16N4O3/c1-3-8-16-13(12(17(18)19)9(2)15-16)20-11-6-4-10(14)5-7-11/h4-7H,3,8,14H2,1-2H3. The topological polar surface area (TPSA) is 96.2 Å². The van der Waals surface area contributed by atoms with Crippen LogP contribution in [-0.2, 0) is 6.54 Å². The van der Waals surface area contributed by atoms with E-state index in [4.69, 9.17) is 10.5 Å². The molecule has 0 aliphatic carbocycles. The fourth-order valence-corrected chi connectivity index (χ4v) is 1.87. The number of nitrogens with zero attached hydrogens (tertiary/aromatic N) is 3. The van der Waals surface area contributed by atoms with Crippen LogP contribution in [-0.4, -0.2) is 14.7 Å². The molecule has 2 rings (SSSR count). The van der Waals surface area contributed by atoms with Crippen LogP contribution in [0.1, 0.15) is 19.0 Å². The zero-order chi connectivity index (χ0) is 14.7. The minimum Gasteiger partial charge on any atom is -0.434 e. The minimum absolute atomic E-state index is 0.102. The normalized spacial score (nSPS) is 10.5. The monoisotopic (exact) mass is 276 g/mol. The summed E-state index contributed by atoms with van der Waals surface area (Å²) >= 11 is 0. The first-order valence-corrected chi connectivity index (χ1v) is 6.28. The lowest BCUT2D eigenvalue weighted by molar-refractivity contribution is -0.386. The number of rotatable bonds is 5. The maximum Gasteiger partial charge on any atom is 0.353 e. The molecular weight excluding hydrogens is 260 g/mol. The average Bonchev–Trinajstić information content (AvgIpc) is 2.69. The quantitative estimate of drug-likeness (QED) is 0.514. The molecule has 7 heteroatoms. The van der Waals surface area contributed by atoms with E-state index in [1.54, 1.807) is 31.2 Å². The molecule has 0 aliphatic heterocycles. The molecule has 0 radical (unpaired) electrons. The van der Waals surface area contributed by atoms with Gasteiger partial charge in [-0.15, -0.1) is 0 Å². The molecule has 0 fully saturated rings. The molecule has 0 aliphatic rings. The molecule has 1 aromatic carbocycles. The number of benzene rings is 1. The third kappa shape index (κ3) is 2.71. The zero-order valence-electron chi connectivity index (χ0n) is 11.4. The summed E-state index contributed by atoms with van der Waals surface area (Å²) in [5, 5.41) is 15.3. The van der Waals surface area contributed by atoms with E-state index in [9.17, 15) is 10.1 Å². The minimum atomic E-state index is -0.471. The molecule has 0 unspecified atom stereocenters. The molecule has 1 heterocycles. The second-order valence-corrected chi connectivity index (χ2v) is 4.39. The summed E-state index contributed by atoms with van der Waals surface area (Å²) in [6.45, 7) is 4.12. The largest absolute Gasteiger partial charge is 0.434 e. The van der Waals surface area contributed by atoms with Gasteiger partial charge in [0, 0.05) is 12.2 Å². The third-order valence-electron chi connectivity index (χ3n) is 2.76. The molecule has 2 aromatic rings. The average molecular weight is 276 g/mol. The van der Waals surface area contributed by atoms with Crippen molar-refractivity contribution >= 4 is 11.4 Å². The number of aryl methyl sites for hydroxylation is 2. The Labute approximate surface area is 116 Å². The fraction of sp³-hybridized carbons (Fsp3) is 0.308. The van der Waals surface area contributed by atoms with E-state index in [0.717, 1.165) is 6.42 Å². The van der Waals surface area contributed by atoms with Crippen molar-refractivity contribution in [1.82, 2.24) is 9.78 Å². The first-order chi connectivity index (χ1) is 9.52. The van der Waals surface area contributed by atoms with Crippen LogP contribution in [0.4, 0.5) is 11.4 Å². The van der Waals surface area contributed by atoms with E-state index in [1.165, 1.54) is 4.68 Å². The summed E-state index contributed by atoms with van der Waals surface area (Å²) in [7, 11) is 0. The number of nitrogens with two attached hydrogens (primary N) is 1. The molecular formula is C13H16N4O3. The van der Waals surface area contributed by atoms with Crippen LogP contribution in [0.3, 0.4) is 0 Å². The highest BCUT2D eigenvalue weighted by Gasteiger charge is 2.27. The van der Waals surface area contributed by atoms with Crippen LogP contribution >= 0.6 is 0 Å². The van der Waals surface area contributed by atoms with E-state index in [0.29, 0.717) is 23.7 Å². The molecule has 7 nitrogen and oxygen atoms in total. The van der Waals surface area contributed by atoms with Crippen LogP contribution in [0.25, 0.3) is 0 Å². The number of ether oxygens (including phenoxy) is 1. The maximum atomic E-state index is 11.2. The Morgan fingerprint density at radius 2 is 2.05 bits per heavy atom. The van der Waals surface area contributed by atoms with Gasteiger partial charge < -0.3 is 10.5 Å². The highest BCUT2D eigenvalue weighted by atomic mass is 16.6. The van der Waals surface area contributed by atoms with Gasteiger partial charge in [-0.05, 0) is 37.6 Å². The van der Waals surface area contributed by atoms with E-state index >= 15 is 0 Å². The molecule has 0 amide bonds. The molecule has 0 bridgehead atoms. The Bertz CT molecular complexity index is 619. The van der Waals surface area contributed by atoms with Crippen molar-refractivity contribution in [2.24, 2.45) is 0 Å². The Hall–Kier alpha value is -2.57. The second kappa shape index (κ2) is 5.60. The Morgan fingerprint density at radius 1 is 1.40 bits per heavy atom. The van der Waals surface area contributed by atoms with Crippen molar-refractivity contribution < 1.29 is 9.66 Å². The van der Waals surface area contributed by atoms with Crippen molar-refractivity contribution in [3.63, 3.8) is 0 Å². The summed E-state index contributed by atoms with van der Waals surface area (Å²) in [6.07, 6.45) is 0.802. The van der Waals surface area contributed by atoms with Gasteiger partial charge in [0.25, 0.3) is 5.88 Å². The maximum absolute atomic E-state index is 11.2. The highest BCUT2D eigenvalue weighted by Crippen LogP contribution is 2.34. The number of nitrogen functional groups attached to an aromatic ring is 1. The SMILES string of the molecule is CCCn1nc(C)c([N+](=O)[O-])c1Oc1ccc(N)cc1. The van der Waals surface area contributed by atoms with Gasteiger partial charge in [-0.3, -0.25) is 10.1 Å². The first kappa shape index (κ1) is 13.9. The lowest BCUT2D eigenvalue weighted by Gasteiger charge is -2.07. The van der Waals surface area contributed by atoms with Crippen LogP contribution < -0.4 is 10.5 Å². The molecule has 0 atom stereocenters. The predicted molar refractivity (Wildman–Crippen MR) is 74.8 cm³/mol. The van der Waals surface area contributed by atoms with Gasteiger partial charge >= 0.3 is 5.69 Å². The summed E-state index contributed by atoms with van der Waals surface area (Å²) in [5.41, 5.74) is 6.44. The van der Waals surface area contributed by atoms with E-state index in [1.807, 2.05) is 6.92 Å². The highest BCUT2D eigenvalue weighted by molar-refractivity contribution is 5.49. The summed E-state index contributed by atoms with van der Waals surface area (Å²) in [4.78, 5) is 10.7. The summed E-state index contributed by atoms with van der Waals surface area (Å²) in [5.74, 6) is 0.638. The van der Waals surface area contributed by atoms with E-state index in [2.05, 4.69) is 5.10 Å². The smallest absolute Gasteiger partial charge is 0.353 e. The Balaban J connectivity index is 2.42. The van der Waals surface area contributed by atoms with Gasteiger partial charge in [-0.25, -0.2) is 4.68 Å². The van der Waals surface area contributed by atoms with Crippen molar-refractivity contribution in [3.8, 4) is 11.6 Å². The van der Waals surface area contributed by atoms with Gasteiger partial charge in [0.05, 0.1) is 4.92 Å². The third-order valence-corrected chi connectivity index (χ3v) is 2.76. The fourth-order valence-electron chi connectivity index (χ4n) is 1.87. The number of aromatic nitrogens is 2. The van der Waals surface area contributed by atoms with Gasteiger partial charge in [0.2, 0.25) is 0 Å².